The van der Waals surface area contributed by atoms with Gasteiger partial charge in [0.25, 0.3) is 0 Å². The lowest BCUT2D eigenvalue weighted by Crippen LogP contribution is -2.12. The van der Waals surface area contributed by atoms with E-state index in [1.807, 2.05) is 13.0 Å². The molecule has 3 aromatic carbocycles. The van der Waals surface area contributed by atoms with Crippen LogP contribution in [-0.2, 0) is 16.6 Å². The van der Waals surface area contributed by atoms with Gasteiger partial charge in [-0.1, -0.05) is 96.2 Å². The van der Waals surface area contributed by atoms with Crippen molar-refractivity contribution in [3.05, 3.63) is 107 Å². The Hall–Kier alpha value is -3.92. The number of hydrogen-bond acceptors (Lipinski definition) is 3. The van der Waals surface area contributed by atoms with Gasteiger partial charge >= 0.3 is 5.97 Å². The number of carboxylic acids is 1. The zero-order chi connectivity index (χ0) is 24.3. The molecule has 1 heterocycles. The first-order chi connectivity index (χ1) is 17.0. The molecular formula is C31H29NO3. The van der Waals surface area contributed by atoms with E-state index in [0.29, 0.717) is 0 Å². The predicted octanol–water partition coefficient (Wildman–Crippen LogP) is 7.47. The number of aliphatic carboxylic acids is 1. The van der Waals surface area contributed by atoms with Crippen LogP contribution in [0.3, 0.4) is 0 Å². The fourth-order valence-corrected chi connectivity index (χ4v) is 4.72. The van der Waals surface area contributed by atoms with Crippen LogP contribution in [0.1, 0.15) is 48.1 Å². The molecule has 4 aromatic rings. The van der Waals surface area contributed by atoms with Crippen LogP contribution in [0.4, 0.5) is 0 Å². The van der Waals surface area contributed by atoms with Gasteiger partial charge < -0.3 is 9.63 Å². The molecule has 1 N–H and O–H groups in total. The third-order valence-corrected chi connectivity index (χ3v) is 6.96. The van der Waals surface area contributed by atoms with Gasteiger partial charge in [-0.2, -0.15) is 0 Å². The molecule has 1 aliphatic rings. The number of rotatable bonds is 9. The molecular weight excluding hydrogens is 434 g/mol. The van der Waals surface area contributed by atoms with Crippen LogP contribution in [0.5, 0.6) is 0 Å². The van der Waals surface area contributed by atoms with Crippen LogP contribution in [0, 0.1) is 6.92 Å². The molecule has 1 fully saturated rings. The standard InChI is InChI=1S/C31H29NO3/c1-22-28(10-6-5-9-23-7-3-2-4-8-23)30(35-32-22)26-13-11-24(12-14-26)25-15-17-27(18-16-25)31(19-20-31)21-29(33)34/h2-4,6-8,10-18H,5,9,19-21H2,1H3,(H,33,34). The minimum atomic E-state index is -0.727. The molecule has 0 aliphatic heterocycles. The first kappa shape index (κ1) is 22.9. The Morgan fingerprint density at radius 2 is 1.57 bits per heavy atom. The van der Waals surface area contributed by atoms with Gasteiger partial charge in [-0.3, -0.25) is 4.79 Å². The first-order valence-electron chi connectivity index (χ1n) is 12.1. The Bertz CT molecular complexity index is 1330. The average Bonchev–Trinajstić information content (AvgIpc) is 3.56. The van der Waals surface area contributed by atoms with Gasteiger partial charge in [-0.25, -0.2) is 0 Å². The second-order valence-corrected chi connectivity index (χ2v) is 9.44. The van der Waals surface area contributed by atoms with E-state index in [2.05, 4.69) is 90.1 Å². The molecule has 0 radical (unpaired) electrons. The van der Waals surface area contributed by atoms with E-state index in [0.717, 1.165) is 65.0 Å². The number of carbonyl (C=O) groups is 1. The molecule has 0 spiro atoms. The number of nitrogens with zero attached hydrogens (tertiary/aromatic N) is 1. The number of benzene rings is 3. The van der Waals surface area contributed by atoms with Crippen molar-refractivity contribution in [2.45, 2.75) is 44.4 Å². The zero-order valence-corrected chi connectivity index (χ0v) is 19.9. The third-order valence-electron chi connectivity index (χ3n) is 6.96. The maximum atomic E-state index is 11.2. The summed E-state index contributed by atoms with van der Waals surface area (Å²) in [5.41, 5.74) is 7.41. The normalized spacial score (nSPS) is 14.3. The Morgan fingerprint density at radius 3 is 2.20 bits per heavy atom. The summed E-state index contributed by atoms with van der Waals surface area (Å²) in [5.74, 6) is 0.0555. The van der Waals surface area contributed by atoms with Gasteiger partial charge in [-0.05, 0) is 54.9 Å². The molecule has 5 rings (SSSR count). The number of carboxylic acid groups (broad SMARTS) is 1. The minimum absolute atomic E-state index is 0.163. The molecule has 1 saturated carbocycles. The van der Waals surface area contributed by atoms with Crippen LogP contribution in [0.2, 0.25) is 0 Å². The summed E-state index contributed by atoms with van der Waals surface area (Å²) in [6.07, 6.45) is 8.36. The molecule has 176 valence electrons. The maximum Gasteiger partial charge on any atom is 0.304 e. The van der Waals surface area contributed by atoms with Gasteiger partial charge in [0.2, 0.25) is 0 Å². The van der Waals surface area contributed by atoms with Gasteiger partial charge in [0.05, 0.1) is 12.1 Å². The van der Waals surface area contributed by atoms with Crippen molar-refractivity contribution in [1.29, 1.82) is 0 Å². The quantitative estimate of drug-likeness (QED) is 0.280. The van der Waals surface area contributed by atoms with E-state index in [9.17, 15) is 9.90 Å². The number of aromatic nitrogens is 1. The molecule has 1 aromatic heterocycles. The highest BCUT2D eigenvalue weighted by atomic mass is 16.5. The maximum absolute atomic E-state index is 11.2. The number of allylic oxidation sites excluding steroid dienone is 1. The largest absolute Gasteiger partial charge is 0.481 e. The second kappa shape index (κ2) is 9.75. The Morgan fingerprint density at radius 1 is 0.943 bits per heavy atom. The van der Waals surface area contributed by atoms with E-state index in [4.69, 9.17) is 4.52 Å². The van der Waals surface area contributed by atoms with Crippen LogP contribution in [0.15, 0.2) is 89.5 Å². The molecule has 0 bridgehead atoms. The highest BCUT2D eigenvalue weighted by molar-refractivity contribution is 5.75. The molecule has 35 heavy (non-hydrogen) atoms. The van der Waals surface area contributed by atoms with E-state index < -0.39 is 5.97 Å². The van der Waals surface area contributed by atoms with Crippen molar-refractivity contribution in [1.82, 2.24) is 5.16 Å². The van der Waals surface area contributed by atoms with Crippen LogP contribution in [-0.4, -0.2) is 16.2 Å². The van der Waals surface area contributed by atoms with Gasteiger partial charge in [0.1, 0.15) is 0 Å². The van der Waals surface area contributed by atoms with Gasteiger partial charge in [0.15, 0.2) is 5.76 Å². The van der Waals surface area contributed by atoms with Crippen LogP contribution >= 0.6 is 0 Å². The monoisotopic (exact) mass is 463 g/mol. The van der Waals surface area contributed by atoms with Crippen molar-refractivity contribution in [3.63, 3.8) is 0 Å². The summed E-state index contributed by atoms with van der Waals surface area (Å²) in [6.45, 7) is 1.97. The van der Waals surface area contributed by atoms with E-state index in [1.54, 1.807) is 0 Å². The fraction of sp³-hybridized carbons (Fsp3) is 0.226. The van der Waals surface area contributed by atoms with Crippen LogP contribution in [0.25, 0.3) is 28.5 Å². The van der Waals surface area contributed by atoms with Crippen molar-refractivity contribution >= 4 is 12.0 Å². The molecule has 0 atom stereocenters. The Kier molecular flexibility index (Phi) is 6.37. The topological polar surface area (TPSA) is 63.3 Å². The summed E-state index contributed by atoms with van der Waals surface area (Å²) < 4.78 is 5.68. The highest BCUT2D eigenvalue weighted by Crippen LogP contribution is 2.51. The van der Waals surface area contributed by atoms with E-state index in [-0.39, 0.29) is 11.8 Å². The zero-order valence-electron chi connectivity index (χ0n) is 19.9. The lowest BCUT2D eigenvalue weighted by molar-refractivity contribution is -0.137. The summed E-state index contributed by atoms with van der Waals surface area (Å²) in [6, 6.07) is 27.1. The summed E-state index contributed by atoms with van der Waals surface area (Å²) in [5, 5.41) is 13.4. The van der Waals surface area contributed by atoms with Crippen molar-refractivity contribution in [3.8, 4) is 22.5 Å². The number of aryl methyl sites for hydroxylation is 2. The van der Waals surface area contributed by atoms with Crippen molar-refractivity contribution in [2.75, 3.05) is 0 Å². The van der Waals surface area contributed by atoms with E-state index in [1.165, 1.54) is 5.56 Å². The first-order valence-corrected chi connectivity index (χ1v) is 12.1. The number of hydrogen-bond donors (Lipinski definition) is 1. The second-order valence-electron chi connectivity index (χ2n) is 9.44. The van der Waals surface area contributed by atoms with Crippen molar-refractivity contribution in [2.24, 2.45) is 0 Å². The highest BCUT2D eigenvalue weighted by Gasteiger charge is 2.45. The van der Waals surface area contributed by atoms with Gasteiger partial charge in [-0.15, -0.1) is 0 Å². The summed E-state index contributed by atoms with van der Waals surface area (Å²) in [7, 11) is 0. The average molecular weight is 464 g/mol. The smallest absolute Gasteiger partial charge is 0.304 e. The fourth-order valence-electron chi connectivity index (χ4n) is 4.72. The summed E-state index contributed by atoms with van der Waals surface area (Å²) in [4.78, 5) is 11.2. The Labute approximate surface area is 205 Å². The summed E-state index contributed by atoms with van der Waals surface area (Å²) >= 11 is 0. The lowest BCUT2D eigenvalue weighted by Gasteiger charge is -2.13. The lowest BCUT2D eigenvalue weighted by atomic mass is 9.91. The predicted molar refractivity (Wildman–Crippen MR) is 139 cm³/mol. The van der Waals surface area contributed by atoms with Crippen molar-refractivity contribution < 1.29 is 14.4 Å². The Balaban J connectivity index is 1.29. The molecule has 4 heteroatoms. The molecule has 4 nitrogen and oxygen atoms in total. The van der Waals surface area contributed by atoms with E-state index >= 15 is 0 Å². The molecule has 0 saturated heterocycles. The molecule has 0 unspecified atom stereocenters. The third kappa shape index (κ3) is 5.12. The molecule has 0 amide bonds. The minimum Gasteiger partial charge on any atom is -0.481 e. The van der Waals surface area contributed by atoms with Gasteiger partial charge in [0, 0.05) is 16.5 Å². The molecule has 1 aliphatic carbocycles. The SMILES string of the molecule is Cc1noc(-c2ccc(-c3ccc(C4(CC(=O)O)CC4)cc3)cc2)c1C=CCCc1ccccc1. The van der Waals surface area contributed by atoms with Crippen LogP contribution < -0.4 is 0 Å².